The lowest BCUT2D eigenvalue weighted by Crippen LogP contribution is -2.65. The summed E-state index contributed by atoms with van der Waals surface area (Å²) in [6, 6.07) is -0.845. The molecular formula is C30H60N8O10. The van der Waals surface area contributed by atoms with Crippen LogP contribution in [0.5, 0.6) is 0 Å². The fourth-order valence-electron chi connectivity index (χ4n) is 5.99. The first-order valence-electron chi connectivity index (χ1n) is 16.4. The summed E-state index contributed by atoms with van der Waals surface area (Å²) in [4.78, 5) is 14.0. The lowest BCUT2D eigenvalue weighted by atomic mass is 9.77. The van der Waals surface area contributed by atoms with Crippen LogP contribution in [0.2, 0.25) is 0 Å². The smallest absolute Gasteiger partial charge is 0.200 e. The molecule has 2 heterocycles. The Bertz CT molecular complexity index is 1010. The van der Waals surface area contributed by atoms with Crippen molar-refractivity contribution in [2.75, 3.05) is 40.3 Å². The minimum Gasteiger partial charge on any atom is -0.468 e. The number of hydrogen-bond donors (Lipinski definition) is 12. The highest BCUT2D eigenvalue weighted by atomic mass is 16.7. The molecule has 18 heteroatoms. The zero-order valence-corrected chi connectivity index (χ0v) is 28.3. The number of hydrogen-bond acceptors (Lipinski definition) is 16. The van der Waals surface area contributed by atoms with Gasteiger partial charge in [-0.3, -0.25) is 4.99 Å². The number of aliphatic hydroxyl groups excluding tert-OH is 3. The van der Waals surface area contributed by atoms with Gasteiger partial charge in [0.2, 0.25) is 0 Å². The number of ether oxygens (including phenoxy) is 4. The lowest BCUT2D eigenvalue weighted by Gasteiger charge is -2.46. The van der Waals surface area contributed by atoms with Crippen molar-refractivity contribution in [3.05, 3.63) is 11.8 Å². The quantitative estimate of drug-likeness (QED) is 0.0492. The molecule has 0 radical (unpaired) electrons. The number of carbonyl (C=O) groups excluding carboxylic acids is 1. The van der Waals surface area contributed by atoms with Crippen LogP contribution in [0.25, 0.3) is 0 Å². The zero-order chi connectivity index (χ0) is 36.1. The summed E-state index contributed by atoms with van der Waals surface area (Å²) in [5.41, 5.74) is 24.2. The van der Waals surface area contributed by atoms with Crippen molar-refractivity contribution in [1.82, 2.24) is 10.6 Å². The molecule has 0 amide bonds. The summed E-state index contributed by atoms with van der Waals surface area (Å²) < 4.78 is 23.7. The third-order valence-corrected chi connectivity index (χ3v) is 8.48. The third kappa shape index (κ3) is 13.0. The molecule has 280 valence electrons. The Morgan fingerprint density at radius 2 is 1.88 bits per heavy atom. The molecule has 1 saturated heterocycles. The number of aliphatic imine (C=N–C) groups is 1. The van der Waals surface area contributed by atoms with Crippen molar-refractivity contribution in [1.29, 1.82) is 0 Å². The van der Waals surface area contributed by atoms with E-state index >= 15 is 0 Å². The Hall–Kier alpha value is -2.04. The number of aldehydes is 1. The van der Waals surface area contributed by atoms with E-state index < -0.39 is 60.3 Å². The minimum absolute atomic E-state index is 0.00273. The normalized spacial score (nSPS) is 38.3. The van der Waals surface area contributed by atoms with Gasteiger partial charge in [0.25, 0.3) is 0 Å². The summed E-state index contributed by atoms with van der Waals surface area (Å²) >= 11 is 0. The first kappa shape index (κ1) is 42.1. The highest BCUT2D eigenvalue weighted by Crippen LogP contribution is 2.33. The van der Waals surface area contributed by atoms with E-state index in [1.54, 1.807) is 14.0 Å². The summed E-state index contributed by atoms with van der Waals surface area (Å²) in [6.45, 7) is 2.88. The van der Waals surface area contributed by atoms with Crippen LogP contribution in [0.3, 0.4) is 0 Å². The third-order valence-electron chi connectivity index (χ3n) is 8.48. The molecule has 10 atom stereocenters. The molecule has 3 fully saturated rings. The van der Waals surface area contributed by atoms with E-state index in [1.807, 2.05) is 6.08 Å². The number of likely N-dealkylation sites (N-methyl/N-ethyl adjacent to an activating group) is 1. The monoisotopic (exact) mass is 692 g/mol. The summed E-state index contributed by atoms with van der Waals surface area (Å²) in [6.07, 6.45) is -0.121. The molecule has 4 aliphatic rings. The molecule has 2 saturated carbocycles. The molecule has 0 aromatic rings. The second-order valence-electron chi connectivity index (χ2n) is 12.9. The molecule has 6 unspecified atom stereocenters. The molecule has 48 heavy (non-hydrogen) atoms. The van der Waals surface area contributed by atoms with Crippen molar-refractivity contribution >= 4 is 12.2 Å². The van der Waals surface area contributed by atoms with Gasteiger partial charge >= 0.3 is 0 Å². The Labute approximate surface area is 282 Å². The second kappa shape index (κ2) is 20.0. The van der Waals surface area contributed by atoms with Crippen LogP contribution in [0.1, 0.15) is 51.9 Å². The van der Waals surface area contributed by atoms with E-state index in [2.05, 4.69) is 21.4 Å². The first-order valence-corrected chi connectivity index (χ1v) is 16.4. The Morgan fingerprint density at radius 1 is 1.19 bits per heavy atom. The number of carbonyl (C=O) groups is 1. The average Bonchev–Trinajstić information content (AvgIpc) is 3.02. The van der Waals surface area contributed by atoms with Crippen LogP contribution >= 0.6 is 0 Å². The van der Waals surface area contributed by atoms with Gasteiger partial charge in [-0.25, -0.2) is 0 Å². The second-order valence-corrected chi connectivity index (χ2v) is 12.9. The largest absolute Gasteiger partial charge is 0.468 e. The van der Waals surface area contributed by atoms with Crippen molar-refractivity contribution in [2.45, 2.75) is 124 Å². The van der Waals surface area contributed by atoms with Crippen LogP contribution in [-0.2, 0) is 23.7 Å². The van der Waals surface area contributed by atoms with Crippen LogP contribution in [0.15, 0.2) is 16.8 Å². The highest BCUT2D eigenvalue weighted by molar-refractivity contribution is 5.76. The van der Waals surface area contributed by atoms with Gasteiger partial charge in [0.05, 0.1) is 30.9 Å². The maximum absolute atomic E-state index is 11.2. The predicted molar refractivity (Wildman–Crippen MR) is 177 cm³/mol. The topological polar surface area (TPSA) is 322 Å². The van der Waals surface area contributed by atoms with Crippen LogP contribution in [0.4, 0.5) is 0 Å². The van der Waals surface area contributed by atoms with Gasteiger partial charge in [0.1, 0.15) is 35.8 Å². The number of nitrogens with one attached hydrogen (secondary N) is 2. The van der Waals surface area contributed by atoms with Gasteiger partial charge in [0.15, 0.2) is 24.8 Å². The van der Waals surface area contributed by atoms with E-state index in [0.29, 0.717) is 63.8 Å². The van der Waals surface area contributed by atoms with Gasteiger partial charge in [-0.15, -0.1) is 0 Å². The van der Waals surface area contributed by atoms with Crippen molar-refractivity contribution in [3.8, 4) is 0 Å². The SMILES string of the molecule is CN.CNC1CC(N)[C@@H](O[C@@H]2CCC=C(CNCC(O)CCN)O2)C(O)[C@H]1OC1OC[C@](C)(O)CC1O.NC(N)=NC1CC(O)(C=O)C1. The molecule has 0 aromatic carbocycles. The van der Waals surface area contributed by atoms with Gasteiger partial charge < -0.3 is 88.6 Å². The van der Waals surface area contributed by atoms with Crippen LogP contribution < -0.4 is 39.3 Å². The number of guanidine groups is 1. The summed E-state index contributed by atoms with van der Waals surface area (Å²) in [7, 11) is 3.25. The van der Waals surface area contributed by atoms with E-state index in [-0.39, 0.29) is 31.1 Å². The molecule has 2 aliphatic heterocycles. The van der Waals surface area contributed by atoms with Gasteiger partial charge in [-0.2, -0.15) is 0 Å². The number of nitrogens with zero attached hydrogens (tertiary/aromatic N) is 1. The summed E-state index contributed by atoms with van der Waals surface area (Å²) in [5.74, 6) is 0.703. The Morgan fingerprint density at radius 3 is 2.46 bits per heavy atom. The molecule has 0 bridgehead atoms. The van der Waals surface area contributed by atoms with Gasteiger partial charge in [-0.05, 0) is 52.9 Å². The molecule has 4 rings (SSSR count). The van der Waals surface area contributed by atoms with E-state index in [0.717, 1.165) is 6.42 Å². The van der Waals surface area contributed by atoms with Crippen molar-refractivity contribution in [3.63, 3.8) is 0 Å². The standard InChI is InChI=1S/C23H44N4O8.C6H11N3O2.CH5N/c1-23(31)9-17(29)22(32-12-23)35-21-16(26-2)8-15(25)20(19(21)30)34-18-5-3-4-14(33-18)11-27-10-13(28)6-7-24;7-5(8)9-4-1-6(11,2-4)3-10;1-2/h4,13,15-22,26-31H,3,5-12,24-25H2,1-2H3;3-4,11H,1-2H2,(H4,7,8,9);2H2,1H3/t13?,15?,16?,17?,18-,19?,20-,21+,22?,23-;;/m1../s1. The highest BCUT2D eigenvalue weighted by Gasteiger charge is 2.48. The van der Waals surface area contributed by atoms with Crippen molar-refractivity contribution < 1.29 is 49.3 Å². The minimum atomic E-state index is -1.18. The molecule has 18 nitrogen and oxygen atoms in total. The number of aliphatic hydroxyl groups is 5. The fraction of sp³-hybridized carbons (Fsp3) is 0.867. The molecular weight excluding hydrogens is 632 g/mol. The van der Waals surface area contributed by atoms with Gasteiger partial charge in [0, 0.05) is 44.3 Å². The average molecular weight is 693 g/mol. The predicted octanol–water partition coefficient (Wildman–Crippen LogP) is -4.46. The maximum Gasteiger partial charge on any atom is 0.200 e. The van der Waals surface area contributed by atoms with Crippen LogP contribution in [-0.4, -0.2) is 151 Å². The Kier molecular flexibility index (Phi) is 17.5. The fourth-order valence-corrected chi connectivity index (χ4v) is 5.99. The Balaban J connectivity index is 0.000000517. The van der Waals surface area contributed by atoms with E-state index in [4.69, 9.17) is 41.9 Å². The maximum atomic E-state index is 11.2. The number of rotatable bonds is 13. The zero-order valence-electron chi connectivity index (χ0n) is 28.3. The van der Waals surface area contributed by atoms with E-state index in [9.17, 15) is 30.3 Å². The molecule has 2 aliphatic carbocycles. The first-order chi connectivity index (χ1) is 22.7. The van der Waals surface area contributed by atoms with Crippen LogP contribution in [0, 0.1) is 0 Å². The molecule has 0 aromatic heterocycles. The molecule has 0 spiro atoms. The number of allylic oxidation sites excluding steroid dienone is 1. The number of nitrogens with two attached hydrogens (primary N) is 5. The summed E-state index contributed by atoms with van der Waals surface area (Å²) in [5, 5.41) is 57.0. The van der Waals surface area contributed by atoms with Gasteiger partial charge in [-0.1, -0.05) is 0 Å². The van der Waals surface area contributed by atoms with Crippen molar-refractivity contribution in [2.24, 2.45) is 33.7 Å². The van der Waals surface area contributed by atoms with E-state index in [1.165, 1.54) is 7.05 Å². The lowest BCUT2D eigenvalue weighted by molar-refractivity contribution is -0.297. The molecule has 17 N–H and O–H groups in total.